The van der Waals surface area contributed by atoms with E-state index in [0.717, 1.165) is 11.1 Å². The van der Waals surface area contributed by atoms with Crippen LogP contribution in [0.2, 0.25) is 0 Å². The Bertz CT molecular complexity index is 1970. The number of amides is 1. The zero-order chi connectivity index (χ0) is 45.6. The summed E-state index contributed by atoms with van der Waals surface area (Å²) in [4.78, 5) is 43.8. The highest BCUT2D eigenvalue weighted by Gasteiger charge is 2.78. The Morgan fingerprint density at radius 3 is 2.29 bits per heavy atom. The van der Waals surface area contributed by atoms with E-state index in [1.165, 1.54) is 18.9 Å². The van der Waals surface area contributed by atoms with E-state index in [0.29, 0.717) is 29.9 Å². The predicted molar refractivity (Wildman–Crippen MR) is 227 cm³/mol. The standard InChI is InChI=1S/C48H69NO13/c1-16-36-58-34-21-35-48(23-56-35,61-28(7)50)39-27(6)47(45(11,12)53)22-33(25(4)37(47)26(5)40(59-36)46(34,39)13)57-42(51)38-31(19-24(2)3)49(43(52)62-44(8,9)10)41(60-38)30-18-17-29(54-14)20-32(30)55-15/h16-18,20,24,26-27,31,33-36,38-41,53H,1,19,21-23H2,2-15H3/t26-,27-,31?,33-,34-,35?,36?,38+,39-,40-,41?,46+,47+,48-/m0/s1. The fraction of sp³-hybridized carbons (Fsp3) is 0.729. The number of ether oxygens (including phenoxy) is 9. The molecular formula is C48H69NO13. The summed E-state index contributed by atoms with van der Waals surface area (Å²) in [6.45, 7) is 27.0. The van der Waals surface area contributed by atoms with Gasteiger partial charge in [0.05, 0.1) is 44.7 Å². The number of nitrogens with zero attached hydrogens (tertiary/aromatic N) is 1. The number of rotatable bonds is 10. The minimum Gasteiger partial charge on any atom is -0.497 e. The summed E-state index contributed by atoms with van der Waals surface area (Å²) in [7, 11) is 3.07. The molecule has 3 saturated heterocycles. The monoisotopic (exact) mass is 867 g/mol. The first-order valence-electron chi connectivity index (χ1n) is 22.2. The highest BCUT2D eigenvalue weighted by Crippen LogP contribution is 2.72. The summed E-state index contributed by atoms with van der Waals surface area (Å²) in [5.74, 6) is -1.16. The van der Waals surface area contributed by atoms with Gasteiger partial charge in [0.25, 0.3) is 0 Å². The molecule has 4 unspecified atom stereocenters. The van der Waals surface area contributed by atoms with Gasteiger partial charge in [-0.15, -0.1) is 0 Å². The Kier molecular flexibility index (Phi) is 12.0. The van der Waals surface area contributed by atoms with Gasteiger partial charge in [0.1, 0.15) is 29.3 Å². The number of carbonyl (C=O) groups excluding carboxylic acids is 3. The first-order chi connectivity index (χ1) is 28.9. The van der Waals surface area contributed by atoms with Crippen molar-refractivity contribution in [3.63, 3.8) is 0 Å². The lowest BCUT2D eigenvalue weighted by molar-refractivity contribution is -0.387. The average Bonchev–Trinajstić information content (AvgIpc) is 3.67. The molecule has 1 aromatic carbocycles. The summed E-state index contributed by atoms with van der Waals surface area (Å²) in [5, 5.41) is 12.7. The second-order valence-electron chi connectivity index (χ2n) is 20.6. The molecule has 5 fully saturated rings. The average molecular weight is 868 g/mol. The molecule has 62 heavy (non-hydrogen) atoms. The van der Waals surface area contributed by atoms with Gasteiger partial charge in [-0.25, -0.2) is 9.59 Å². The van der Waals surface area contributed by atoms with E-state index in [4.69, 9.17) is 42.6 Å². The van der Waals surface area contributed by atoms with Crippen molar-refractivity contribution in [2.75, 3.05) is 20.8 Å². The van der Waals surface area contributed by atoms with Gasteiger partial charge in [-0.2, -0.15) is 0 Å². The van der Waals surface area contributed by atoms with E-state index in [1.54, 1.807) is 52.2 Å². The van der Waals surface area contributed by atoms with Crippen LogP contribution in [0.4, 0.5) is 4.79 Å². The van der Waals surface area contributed by atoms with Crippen molar-refractivity contribution in [1.82, 2.24) is 4.90 Å². The summed E-state index contributed by atoms with van der Waals surface area (Å²) in [6.07, 6.45) is -2.87. The molecule has 3 heterocycles. The lowest BCUT2D eigenvalue weighted by atomic mass is 9.47. The second kappa shape index (κ2) is 16.1. The molecule has 0 radical (unpaired) electrons. The number of hydrogen-bond acceptors (Lipinski definition) is 13. The van der Waals surface area contributed by atoms with Gasteiger partial charge in [0.15, 0.2) is 24.2 Å². The molecule has 1 aromatic rings. The van der Waals surface area contributed by atoms with E-state index in [2.05, 4.69) is 27.4 Å². The fourth-order valence-electron chi connectivity index (χ4n) is 12.8. The molecule has 14 nitrogen and oxygen atoms in total. The zero-order valence-corrected chi connectivity index (χ0v) is 39.1. The molecule has 1 N–H and O–H groups in total. The molecule has 0 bridgehead atoms. The molecule has 3 aliphatic carbocycles. The van der Waals surface area contributed by atoms with Crippen molar-refractivity contribution in [3.8, 4) is 11.5 Å². The van der Waals surface area contributed by atoms with Crippen LogP contribution in [0.25, 0.3) is 0 Å². The number of carbonyl (C=O) groups is 3. The lowest BCUT2D eigenvalue weighted by Gasteiger charge is -2.68. The quantitative estimate of drug-likeness (QED) is 0.141. The Morgan fingerprint density at radius 1 is 1.05 bits per heavy atom. The minimum atomic E-state index is -1.38. The summed E-state index contributed by atoms with van der Waals surface area (Å²) < 4.78 is 56.7. The minimum absolute atomic E-state index is 0.0406. The number of esters is 2. The number of methoxy groups -OCH3 is 2. The fourth-order valence-corrected chi connectivity index (χ4v) is 12.8. The van der Waals surface area contributed by atoms with Crippen LogP contribution in [-0.4, -0.2) is 109 Å². The maximum Gasteiger partial charge on any atom is 0.413 e. The largest absolute Gasteiger partial charge is 0.497 e. The van der Waals surface area contributed by atoms with Crippen LogP contribution in [0.3, 0.4) is 0 Å². The number of fused-ring (bicyclic) bond motifs is 3. The Hall–Kier alpha value is -3.69. The molecular weight excluding hydrogens is 799 g/mol. The van der Waals surface area contributed by atoms with E-state index >= 15 is 4.79 Å². The molecule has 7 rings (SSSR count). The molecule has 3 aliphatic heterocycles. The first kappa shape index (κ1) is 46.3. The van der Waals surface area contributed by atoms with Gasteiger partial charge in [-0.1, -0.05) is 46.8 Å². The Labute approximate surface area is 366 Å². The Balaban J connectivity index is 1.32. The van der Waals surface area contributed by atoms with Crippen molar-refractivity contribution in [1.29, 1.82) is 0 Å². The summed E-state index contributed by atoms with van der Waals surface area (Å²) in [6, 6.07) is 4.43. The topological polar surface area (TPSA) is 158 Å². The van der Waals surface area contributed by atoms with Crippen LogP contribution in [0.1, 0.15) is 114 Å². The van der Waals surface area contributed by atoms with Crippen LogP contribution in [0.15, 0.2) is 42.0 Å². The highest BCUT2D eigenvalue weighted by molar-refractivity contribution is 5.79. The third-order valence-electron chi connectivity index (χ3n) is 15.0. The smallest absolute Gasteiger partial charge is 0.413 e. The van der Waals surface area contributed by atoms with Gasteiger partial charge in [0.2, 0.25) is 0 Å². The van der Waals surface area contributed by atoms with E-state index < -0.39 is 94.6 Å². The van der Waals surface area contributed by atoms with Crippen LogP contribution < -0.4 is 9.47 Å². The van der Waals surface area contributed by atoms with E-state index in [-0.39, 0.29) is 36.9 Å². The van der Waals surface area contributed by atoms with Crippen molar-refractivity contribution in [2.24, 2.45) is 34.5 Å². The van der Waals surface area contributed by atoms with Gasteiger partial charge >= 0.3 is 18.0 Å². The van der Waals surface area contributed by atoms with Crippen molar-refractivity contribution in [3.05, 3.63) is 47.6 Å². The van der Waals surface area contributed by atoms with E-state index in [1.807, 2.05) is 34.6 Å². The maximum atomic E-state index is 15.0. The van der Waals surface area contributed by atoms with Crippen molar-refractivity contribution in [2.45, 2.75) is 168 Å². The Morgan fingerprint density at radius 2 is 1.74 bits per heavy atom. The van der Waals surface area contributed by atoms with E-state index in [9.17, 15) is 14.7 Å². The highest BCUT2D eigenvalue weighted by atomic mass is 16.7. The number of benzene rings is 1. The molecule has 0 spiro atoms. The van der Waals surface area contributed by atoms with Crippen LogP contribution in [0, 0.1) is 34.5 Å². The van der Waals surface area contributed by atoms with Crippen LogP contribution in [-0.2, 0) is 42.7 Å². The molecule has 1 amide bonds. The number of aliphatic hydroxyl groups is 1. The molecule has 2 saturated carbocycles. The number of hydrogen-bond donors (Lipinski definition) is 1. The van der Waals surface area contributed by atoms with Gasteiger partial charge < -0.3 is 47.7 Å². The molecule has 14 heteroatoms. The summed E-state index contributed by atoms with van der Waals surface area (Å²) in [5.41, 5.74) is -2.68. The molecule has 14 atom stereocenters. The zero-order valence-electron chi connectivity index (χ0n) is 39.1. The van der Waals surface area contributed by atoms with Crippen molar-refractivity contribution < 1.29 is 62.1 Å². The molecule has 344 valence electrons. The SMILES string of the molecule is C=CC1O[C@H]2CC3OC[C@@]3(OC(C)=O)[C@H]3[C@H](C)[C@]4(C(C)(C)O)C[C@H](OC(=O)[C@@H]5OC(c6ccc(OC)cc6OC)N(C(=O)OC(C)(C)C)C5CC(C)C)C(C)=C4[C@H](C)[C@H](O1)[C@]23C. The third-order valence-corrected chi connectivity index (χ3v) is 15.0. The van der Waals surface area contributed by atoms with Crippen LogP contribution in [0.5, 0.6) is 11.5 Å². The molecule has 6 aliphatic rings. The van der Waals surface area contributed by atoms with Gasteiger partial charge in [-0.05, 0) is 83.6 Å². The lowest BCUT2D eigenvalue weighted by Crippen LogP contribution is -2.78. The van der Waals surface area contributed by atoms with Gasteiger partial charge in [0, 0.05) is 54.1 Å². The van der Waals surface area contributed by atoms with Crippen molar-refractivity contribution >= 4 is 18.0 Å². The second-order valence-corrected chi connectivity index (χ2v) is 20.6. The van der Waals surface area contributed by atoms with Gasteiger partial charge in [-0.3, -0.25) is 9.69 Å². The molecule has 0 aromatic heterocycles. The van der Waals surface area contributed by atoms with Crippen LogP contribution >= 0.6 is 0 Å². The predicted octanol–water partition coefficient (Wildman–Crippen LogP) is 7.45. The third kappa shape index (κ3) is 7.14. The maximum absolute atomic E-state index is 15.0. The normalized spacial score (nSPS) is 38.8. The summed E-state index contributed by atoms with van der Waals surface area (Å²) >= 11 is 0. The first-order valence-corrected chi connectivity index (χ1v) is 22.2.